The molecular weight excluding hydrogens is 186 g/mol. The van der Waals surface area contributed by atoms with Crippen LogP contribution in [0, 0.1) is 0 Å². The van der Waals surface area contributed by atoms with Crippen LogP contribution in [0.25, 0.3) is 0 Å². The first-order chi connectivity index (χ1) is 6.91. The lowest BCUT2D eigenvalue weighted by Gasteiger charge is -2.56. The maximum Gasteiger partial charge on any atom is 0.0575 e. The molecular formula is C13H27NO. The Morgan fingerprint density at radius 1 is 1.13 bits per heavy atom. The van der Waals surface area contributed by atoms with Crippen LogP contribution in [0.2, 0.25) is 0 Å². The molecule has 0 amide bonds. The summed E-state index contributed by atoms with van der Waals surface area (Å²) in [6.07, 6.45) is 4.00. The number of aliphatic hydroxyl groups excluding tert-OH is 1. The lowest BCUT2D eigenvalue weighted by molar-refractivity contribution is -0.0970. The van der Waals surface area contributed by atoms with E-state index in [0.29, 0.717) is 0 Å². The van der Waals surface area contributed by atoms with Crippen LogP contribution < -0.4 is 0 Å². The van der Waals surface area contributed by atoms with Gasteiger partial charge in [-0.1, -0.05) is 20.8 Å². The highest BCUT2D eigenvalue weighted by Crippen LogP contribution is 2.42. The summed E-state index contributed by atoms with van der Waals surface area (Å²) in [7, 11) is 0. The summed E-state index contributed by atoms with van der Waals surface area (Å²) in [5, 5.41) is 10.0. The highest BCUT2D eigenvalue weighted by atomic mass is 16.3. The van der Waals surface area contributed by atoms with Crippen molar-refractivity contribution in [2.45, 2.75) is 77.5 Å². The maximum atomic E-state index is 10.0. The molecule has 1 N–H and O–H groups in total. The van der Waals surface area contributed by atoms with Crippen molar-refractivity contribution in [3.63, 3.8) is 0 Å². The smallest absolute Gasteiger partial charge is 0.0575 e. The second kappa shape index (κ2) is 4.42. The molecule has 2 nitrogen and oxygen atoms in total. The molecule has 0 aromatic heterocycles. The Morgan fingerprint density at radius 2 is 1.67 bits per heavy atom. The lowest BCUT2D eigenvalue weighted by Crippen LogP contribution is -2.63. The molecule has 0 aliphatic carbocycles. The standard InChI is InChI=1S/C13H27NO/c1-6-13(7-2)10-11(15)9-12(4,5)14(13)8-3/h11,15H,6-10H2,1-5H3. The third kappa shape index (κ3) is 2.21. The fourth-order valence-electron chi connectivity index (χ4n) is 3.63. The summed E-state index contributed by atoms with van der Waals surface area (Å²) in [5.74, 6) is 0. The van der Waals surface area contributed by atoms with Crippen molar-refractivity contribution in [1.29, 1.82) is 0 Å². The molecule has 0 aromatic carbocycles. The van der Waals surface area contributed by atoms with Crippen molar-refractivity contribution in [2.24, 2.45) is 0 Å². The molecule has 1 aliphatic heterocycles. The van der Waals surface area contributed by atoms with Gasteiger partial charge < -0.3 is 5.11 Å². The summed E-state index contributed by atoms with van der Waals surface area (Å²) in [6, 6.07) is 0. The number of hydrogen-bond acceptors (Lipinski definition) is 2. The average molecular weight is 213 g/mol. The van der Waals surface area contributed by atoms with Gasteiger partial charge in [-0.05, 0) is 46.1 Å². The molecule has 15 heavy (non-hydrogen) atoms. The van der Waals surface area contributed by atoms with Gasteiger partial charge >= 0.3 is 0 Å². The van der Waals surface area contributed by atoms with E-state index in [1.54, 1.807) is 0 Å². The largest absolute Gasteiger partial charge is 0.393 e. The van der Waals surface area contributed by atoms with Crippen LogP contribution in [0.15, 0.2) is 0 Å². The SMILES string of the molecule is CCN1C(C)(C)CC(O)CC1(CC)CC. The Bertz CT molecular complexity index is 209. The molecule has 0 aromatic rings. The van der Waals surface area contributed by atoms with Crippen LogP contribution in [0.5, 0.6) is 0 Å². The Balaban J connectivity index is 3.01. The summed E-state index contributed by atoms with van der Waals surface area (Å²) in [5.41, 5.74) is 0.356. The zero-order valence-electron chi connectivity index (χ0n) is 11.0. The van der Waals surface area contributed by atoms with Crippen molar-refractivity contribution < 1.29 is 5.11 Å². The topological polar surface area (TPSA) is 23.5 Å². The van der Waals surface area contributed by atoms with Crippen LogP contribution in [-0.2, 0) is 0 Å². The Hall–Kier alpha value is -0.0800. The second-order valence-electron chi connectivity index (χ2n) is 5.55. The van der Waals surface area contributed by atoms with Crippen molar-refractivity contribution in [1.82, 2.24) is 4.90 Å². The summed E-state index contributed by atoms with van der Waals surface area (Å²) in [6.45, 7) is 12.3. The molecule has 0 bridgehead atoms. The highest BCUT2D eigenvalue weighted by molar-refractivity contribution is 5.02. The number of nitrogens with zero attached hydrogens (tertiary/aromatic N) is 1. The molecule has 90 valence electrons. The van der Waals surface area contributed by atoms with Gasteiger partial charge in [0, 0.05) is 11.1 Å². The van der Waals surface area contributed by atoms with Gasteiger partial charge in [0.05, 0.1) is 6.10 Å². The molecule has 0 spiro atoms. The fourth-order valence-corrected chi connectivity index (χ4v) is 3.63. The van der Waals surface area contributed by atoms with E-state index in [2.05, 4.69) is 39.5 Å². The van der Waals surface area contributed by atoms with E-state index in [1.165, 1.54) is 0 Å². The number of hydrogen-bond donors (Lipinski definition) is 1. The quantitative estimate of drug-likeness (QED) is 0.779. The number of likely N-dealkylation sites (tertiary alicyclic amines) is 1. The first kappa shape index (κ1) is 13.0. The van der Waals surface area contributed by atoms with E-state index in [-0.39, 0.29) is 17.2 Å². The molecule has 1 rings (SSSR count). The minimum absolute atomic E-state index is 0.123. The summed E-state index contributed by atoms with van der Waals surface area (Å²) >= 11 is 0. The Labute approximate surface area is 94.7 Å². The van der Waals surface area contributed by atoms with E-state index in [1.807, 2.05) is 0 Å². The van der Waals surface area contributed by atoms with Crippen LogP contribution in [-0.4, -0.2) is 33.7 Å². The molecule has 1 saturated heterocycles. The predicted molar refractivity (Wildman–Crippen MR) is 65.0 cm³/mol. The molecule has 1 fully saturated rings. The summed E-state index contributed by atoms with van der Waals surface area (Å²) in [4.78, 5) is 2.60. The zero-order valence-corrected chi connectivity index (χ0v) is 11.0. The van der Waals surface area contributed by atoms with E-state index in [0.717, 1.165) is 32.2 Å². The van der Waals surface area contributed by atoms with Crippen molar-refractivity contribution in [3.05, 3.63) is 0 Å². The molecule has 0 saturated carbocycles. The highest BCUT2D eigenvalue weighted by Gasteiger charge is 2.47. The molecule has 1 heterocycles. The van der Waals surface area contributed by atoms with Crippen LogP contribution >= 0.6 is 0 Å². The van der Waals surface area contributed by atoms with Gasteiger partial charge in [0.25, 0.3) is 0 Å². The monoisotopic (exact) mass is 213 g/mol. The lowest BCUT2D eigenvalue weighted by atomic mass is 9.73. The van der Waals surface area contributed by atoms with E-state index in [4.69, 9.17) is 0 Å². The van der Waals surface area contributed by atoms with Gasteiger partial charge in [-0.3, -0.25) is 4.90 Å². The van der Waals surface area contributed by atoms with Crippen molar-refractivity contribution in [3.8, 4) is 0 Å². The zero-order chi connectivity index (χ0) is 11.7. The van der Waals surface area contributed by atoms with Gasteiger partial charge in [-0.15, -0.1) is 0 Å². The Kier molecular flexibility index (Phi) is 3.83. The fraction of sp³-hybridized carbons (Fsp3) is 1.00. The van der Waals surface area contributed by atoms with E-state index < -0.39 is 0 Å². The van der Waals surface area contributed by atoms with Crippen LogP contribution in [0.4, 0.5) is 0 Å². The molecule has 0 radical (unpaired) electrons. The average Bonchev–Trinajstić information content (AvgIpc) is 2.14. The van der Waals surface area contributed by atoms with Gasteiger partial charge in [-0.25, -0.2) is 0 Å². The van der Waals surface area contributed by atoms with E-state index in [9.17, 15) is 5.11 Å². The third-order valence-electron chi connectivity index (χ3n) is 4.29. The van der Waals surface area contributed by atoms with Crippen LogP contribution in [0.1, 0.15) is 60.3 Å². The van der Waals surface area contributed by atoms with Gasteiger partial charge in [-0.2, -0.15) is 0 Å². The first-order valence-corrected chi connectivity index (χ1v) is 6.37. The maximum absolute atomic E-state index is 10.0. The molecule has 2 heteroatoms. The van der Waals surface area contributed by atoms with Gasteiger partial charge in [0.15, 0.2) is 0 Å². The molecule has 1 atom stereocenters. The third-order valence-corrected chi connectivity index (χ3v) is 4.29. The van der Waals surface area contributed by atoms with Gasteiger partial charge in [0.2, 0.25) is 0 Å². The predicted octanol–water partition coefficient (Wildman–Crippen LogP) is 2.80. The van der Waals surface area contributed by atoms with Crippen molar-refractivity contribution >= 4 is 0 Å². The molecule has 1 aliphatic rings. The van der Waals surface area contributed by atoms with Crippen molar-refractivity contribution in [2.75, 3.05) is 6.54 Å². The number of rotatable bonds is 3. The van der Waals surface area contributed by atoms with E-state index >= 15 is 0 Å². The second-order valence-corrected chi connectivity index (χ2v) is 5.55. The minimum atomic E-state index is -0.123. The first-order valence-electron chi connectivity index (χ1n) is 6.37. The summed E-state index contributed by atoms with van der Waals surface area (Å²) < 4.78 is 0. The van der Waals surface area contributed by atoms with Crippen LogP contribution in [0.3, 0.4) is 0 Å². The normalized spacial score (nSPS) is 30.4. The number of piperidine rings is 1. The Morgan fingerprint density at radius 3 is 2.07 bits per heavy atom. The minimum Gasteiger partial charge on any atom is -0.393 e. The molecule has 1 unspecified atom stereocenters. The van der Waals surface area contributed by atoms with Gasteiger partial charge in [0.1, 0.15) is 0 Å². The number of aliphatic hydroxyl groups is 1.